The normalized spacial score (nSPS) is 9.44. The second-order valence-electron chi connectivity index (χ2n) is 1.48. The Labute approximate surface area is 66.6 Å². The average Bonchev–Trinajstić information content (AvgIpc) is 2.15. The van der Waals surface area contributed by atoms with Crippen molar-refractivity contribution in [3.63, 3.8) is 0 Å². The van der Waals surface area contributed by atoms with Crippen molar-refractivity contribution in [2.75, 3.05) is 0 Å². The highest BCUT2D eigenvalue weighted by molar-refractivity contribution is 9.10. The highest BCUT2D eigenvalue weighted by Crippen LogP contribution is 2.13. The van der Waals surface area contributed by atoms with E-state index in [1.807, 2.05) is 0 Å². The van der Waals surface area contributed by atoms with Gasteiger partial charge in [-0.05, 0) is 0 Å². The molecule has 1 aromatic heterocycles. The lowest BCUT2D eigenvalue weighted by Gasteiger charge is -1.84. The molecule has 0 N–H and O–H groups in total. The summed E-state index contributed by atoms with van der Waals surface area (Å²) in [6, 6.07) is 0. The Kier molecular flexibility index (Phi) is 2.08. The van der Waals surface area contributed by atoms with Crippen molar-refractivity contribution in [2.24, 2.45) is 0 Å². The fourth-order valence-electron chi connectivity index (χ4n) is 0.451. The zero-order valence-corrected chi connectivity index (χ0v) is 6.83. The number of hydrogen-bond donors (Lipinski definition) is 0. The molecule has 0 aliphatic carbocycles. The molecule has 4 heteroatoms. The Bertz CT molecular complexity index is 233. The second-order valence-corrected chi connectivity index (χ2v) is 3.24. The number of thiophene rings is 1. The third kappa shape index (κ3) is 1.24. The van der Waals surface area contributed by atoms with Crippen LogP contribution >= 0.6 is 27.3 Å². The Morgan fingerprint density at radius 2 is 2.44 bits per heavy atom. The molecule has 0 bridgehead atoms. The minimum atomic E-state index is 0.537. The molecule has 0 aliphatic rings. The van der Waals surface area contributed by atoms with Gasteiger partial charge < -0.3 is 0 Å². The van der Waals surface area contributed by atoms with Crippen molar-refractivity contribution < 1.29 is 4.79 Å². The summed E-state index contributed by atoms with van der Waals surface area (Å²) in [6.45, 7) is 0. The van der Waals surface area contributed by atoms with Gasteiger partial charge in [0.1, 0.15) is 7.85 Å². The van der Waals surface area contributed by atoms with E-state index in [9.17, 15) is 4.79 Å². The van der Waals surface area contributed by atoms with Crippen LogP contribution in [0.2, 0.25) is 0 Å². The van der Waals surface area contributed by atoms with Crippen LogP contribution in [0.15, 0.2) is 9.85 Å². The van der Waals surface area contributed by atoms with Gasteiger partial charge in [-0.25, -0.2) is 0 Å². The van der Waals surface area contributed by atoms with E-state index >= 15 is 0 Å². The lowest BCUT2D eigenvalue weighted by atomic mass is 9.98. The summed E-state index contributed by atoms with van der Waals surface area (Å²) in [6.07, 6.45) is 0.755. The molecule has 0 aliphatic heterocycles. The van der Waals surface area contributed by atoms with Crippen LogP contribution in [0.4, 0.5) is 0 Å². The SMILES string of the molecule is [B]c1c(Br)csc1C=O. The number of halogens is 1. The Morgan fingerprint density at radius 3 is 2.67 bits per heavy atom. The van der Waals surface area contributed by atoms with E-state index in [1.165, 1.54) is 11.3 Å². The molecule has 1 nitrogen and oxygen atoms in total. The quantitative estimate of drug-likeness (QED) is 0.491. The van der Waals surface area contributed by atoms with E-state index in [2.05, 4.69) is 15.9 Å². The smallest absolute Gasteiger partial charge is 0.159 e. The van der Waals surface area contributed by atoms with Crippen molar-refractivity contribution in [3.05, 3.63) is 14.7 Å². The number of rotatable bonds is 1. The summed E-state index contributed by atoms with van der Waals surface area (Å²) in [5.74, 6) is 0. The number of aldehydes is 1. The number of carbonyl (C=O) groups is 1. The maximum absolute atomic E-state index is 10.2. The maximum Gasteiger partial charge on any atom is 0.159 e. The fraction of sp³-hybridized carbons (Fsp3) is 0. The molecule has 1 aromatic rings. The van der Waals surface area contributed by atoms with Gasteiger partial charge >= 0.3 is 0 Å². The van der Waals surface area contributed by atoms with Gasteiger partial charge in [-0.2, -0.15) is 0 Å². The predicted molar refractivity (Wildman–Crippen MR) is 42.8 cm³/mol. The molecule has 0 aromatic carbocycles. The topological polar surface area (TPSA) is 17.1 Å². The van der Waals surface area contributed by atoms with Crippen LogP contribution in [0.3, 0.4) is 0 Å². The first-order valence-corrected chi connectivity index (χ1v) is 3.90. The summed E-state index contributed by atoms with van der Waals surface area (Å²) >= 11 is 4.52. The Balaban J connectivity index is 3.18. The minimum Gasteiger partial charge on any atom is -0.297 e. The second kappa shape index (κ2) is 2.67. The standard InChI is InChI=1S/C5H2BBrOS/c6-5-3(7)2-9-4(5)1-8/h1-2H. The third-order valence-corrected chi connectivity index (χ3v) is 2.80. The third-order valence-electron chi connectivity index (χ3n) is 0.919. The Morgan fingerprint density at radius 1 is 1.78 bits per heavy atom. The Hall–Kier alpha value is -0.0851. The van der Waals surface area contributed by atoms with Crippen LogP contribution in [0.1, 0.15) is 9.67 Å². The predicted octanol–water partition coefficient (Wildman–Crippen LogP) is 1.12. The van der Waals surface area contributed by atoms with Crippen LogP contribution in [-0.4, -0.2) is 14.1 Å². The lowest BCUT2D eigenvalue weighted by molar-refractivity contribution is 0.112. The average molecular weight is 201 g/mol. The largest absolute Gasteiger partial charge is 0.297 e. The van der Waals surface area contributed by atoms with Gasteiger partial charge in [-0.15, -0.1) is 11.3 Å². The summed E-state index contributed by atoms with van der Waals surface area (Å²) in [5.41, 5.74) is 0.537. The molecule has 2 radical (unpaired) electrons. The summed E-state index contributed by atoms with van der Waals surface area (Å²) in [7, 11) is 5.45. The van der Waals surface area contributed by atoms with Gasteiger partial charge in [0, 0.05) is 9.85 Å². The molecule has 9 heavy (non-hydrogen) atoms. The summed E-state index contributed by atoms with van der Waals surface area (Å²) in [4.78, 5) is 10.7. The molecule has 1 heterocycles. The molecule has 0 saturated heterocycles. The molecular formula is C5H2BBrOS. The molecule has 1 rings (SSSR count). The molecular weight excluding hydrogens is 199 g/mol. The van der Waals surface area contributed by atoms with Gasteiger partial charge in [0.05, 0.1) is 4.88 Å². The molecule has 0 fully saturated rings. The zero-order valence-electron chi connectivity index (χ0n) is 4.43. The maximum atomic E-state index is 10.2. The summed E-state index contributed by atoms with van der Waals surface area (Å²) < 4.78 is 0.801. The first-order chi connectivity index (χ1) is 4.25. The molecule has 44 valence electrons. The molecule has 0 spiro atoms. The van der Waals surface area contributed by atoms with E-state index in [-0.39, 0.29) is 0 Å². The molecule has 0 unspecified atom stereocenters. The fourth-order valence-corrected chi connectivity index (χ4v) is 1.73. The molecule has 0 amide bonds. The number of carbonyl (C=O) groups excluding carboxylic acids is 1. The van der Waals surface area contributed by atoms with E-state index in [1.54, 1.807) is 5.38 Å². The van der Waals surface area contributed by atoms with Gasteiger partial charge in [-0.1, -0.05) is 21.4 Å². The van der Waals surface area contributed by atoms with Gasteiger partial charge in [0.15, 0.2) is 6.29 Å². The van der Waals surface area contributed by atoms with Crippen LogP contribution in [0.25, 0.3) is 0 Å². The zero-order chi connectivity index (χ0) is 6.85. The first kappa shape index (κ1) is 7.03. The molecule has 0 atom stereocenters. The monoisotopic (exact) mass is 200 g/mol. The minimum absolute atomic E-state index is 0.537. The van der Waals surface area contributed by atoms with Crippen molar-refractivity contribution in [1.82, 2.24) is 0 Å². The van der Waals surface area contributed by atoms with Crippen molar-refractivity contribution in [3.8, 4) is 0 Å². The molecule has 0 saturated carbocycles. The van der Waals surface area contributed by atoms with E-state index in [0.717, 1.165) is 10.8 Å². The highest BCUT2D eigenvalue weighted by atomic mass is 79.9. The van der Waals surface area contributed by atoms with Gasteiger partial charge in [0.2, 0.25) is 0 Å². The van der Waals surface area contributed by atoms with Gasteiger partial charge in [-0.3, -0.25) is 4.79 Å². The van der Waals surface area contributed by atoms with Crippen molar-refractivity contribution in [1.29, 1.82) is 0 Å². The highest BCUT2D eigenvalue weighted by Gasteiger charge is 2.01. The van der Waals surface area contributed by atoms with Crippen molar-refractivity contribution in [2.45, 2.75) is 0 Å². The van der Waals surface area contributed by atoms with Gasteiger partial charge in [0.25, 0.3) is 0 Å². The van der Waals surface area contributed by atoms with E-state index in [0.29, 0.717) is 10.3 Å². The first-order valence-electron chi connectivity index (χ1n) is 2.23. The number of hydrogen-bond acceptors (Lipinski definition) is 2. The summed E-state index contributed by atoms with van der Waals surface area (Å²) in [5, 5.41) is 1.79. The van der Waals surface area contributed by atoms with Crippen LogP contribution < -0.4 is 5.46 Å². The van der Waals surface area contributed by atoms with E-state index in [4.69, 9.17) is 7.85 Å². The van der Waals surface area contributed by atoms with Crippen LogP contribution in [0.5, 0.6) is 0 Å². The van der Waals surface area contributed by atoms with Crippen molar-refractivity contribution >= 4 is 46.9 Å². The lowest BCUT2D eigenvalue weighted by Crippen LogP contribution is -2.04. The van der Waals surface area contributed by atoms with Crippen LogP contribution in [-0.2, 0) is 0 Å². The van der Waals surface area contributed by atoms with E-state index < -0.39 is 0 Å². The van der Waals surface area contributed by atoms with Crippen LogP contribution in [0, 0.1) is 0 Å².